The van der Waals surface area contributed by atoms with Gasteiger partial charge in [0, 0.05) is 17.8 Å². The Bertz CT molecular complexity index is 273. The third-order valence-electron chi connectivity index (χ3n) is 2.83. The number of rotatable bonds is 7. The molecule has 0 aromatic heterocycles. The second-order valence-electron chi connectivity index (χ2n) is 4.21. The highest BCUT2D eigenvalue weighted by atomic mass is 32.2. The van der Waals surface area contributed by atoms with Gasteiger partial charge in [0.25, 0.3) is 0 Å². The van der Waals surface area contributed by atoms with Crippen molar-refractivity contribution in [3.63, 3.8) is 0 Å². The van der Waals surface area contributed by atoms with Gasteiger partial charge in [0.1, 0.15) is 0 Å². The van der Waals surface area contributed by atoms with Gasteiger partial charge in [0.05, 0.1) is 0 Å². The van der Waals surface area contributed by atoms with Gasteiger partial charge in [-0.25, -0.2) is 0 Å². The summed E-state index contributed by atoms with van der Waals surface area (Å²) in [6.45, 7) is 5.60. The van der Waals surface area contributed by atoms with E-state index in [1.807, 2.05) is 11.8 Å². The molecular weight excluding hydrogens is 214 g/mol. The van der Waals surface area contributed by atoms with E-state index >= 15 is 0 Å². The van der Waals surface area contributed by atoms with Gasteiger partial charge in [-0.2, -0.15) is 11.8 Å². The molecule has 16 heavy (non-hydrogen) atoms. The molecule has 2 unspecified atom stereocenters. The maximum Gasteiger partial charge on any atom is 0.0320 e. The van der Waals surface area contributed by atoms with Crippen molar-refractivity contribution in [2.24, 2.45) is 0 Å². The molecule has 0 amide bonds. The lowest BCUT2D eigenvalue weighted by Crippen LogP contribution is -2.27. The average Bonchev–Trinajstić information content (AvgIpc) is 2.35. The quantitative estimate of drug-likeness (QED) is 0.772. The van der Waals surface area contributed by atoms with Gasteiger partial charge in [-0.15, -0.1) is 0 Å². The largest absolute Gasteiger partial charge is 0.309 e. The number of hydrogen-bond acceptors (Lipinski definition) is 2. The molecule has 0 aliphatic heterocycles. The van der Waals surface area contributed by atoms with Gasteiger partial charge in [0.15, 0.2) is 0 Å². The van der Waals surface area contributed by atoms with Crippen LogP contribution in [0.3, 0.4) is 0 Å². The standard InChI is InChI=1S/C14H23NS/c1-4-8-14(15-11-12(2)16-3)13-9-6-5-7-10-13/h5-7,9-10,12,14-15H,4,8,11H2,1-3H3. The van der Waals surface area contributed by atoms with E-state index in [9.17, 15) is 0 Å². The van der Waals surface area contributed by atoms with E-state index in [2.05, 4.69) is 55.8 Å². The maximum absolute atomic E-state index is 3.67. The minimum absolute atomic E-state index is 0.515. The van der Waals surface area contributed by atoms with Gasteiger partial charge in [-0.05, 0) is 18.2 Å². The minimum atomic E-state index is 0.515. The third-order valence-corrected chi connectivity index (χ3v) is 3.80. The highest BCUT2D eigenvalue weighted by Crippen LogP contribution is 2.18. The van der Waals surface area contributed by atoms with Crippen LogP contribution < -0.4 is 5.32 Å². The topological polar surface area (TPSA) is 12.0 Å². The Labute approximate surface area is 104 Å². The molecule has 90 valence electrons. The SMILES string of the molecule is CCCC(NCC(C)SC)c1ccccc1. The monoisotopic (exact) mass is 237 g/mol. The first kappa shape index (κ1) is 13.6. The molecule has 0 heterocycles. The van der Waals surface area contributed by atoms with E-state index in [-0.39, 0.29) is 0 Å². The Morgan fingerprint density at radius 1 is 1.25 bits per heavy atom. The van der Waals surface area contributed by atoms with Gasteiger partial charge < -0.3 is 5.32 Å². The van der Waals surface area contributed by atoms with Crippen molar-refractivity contribution in [2.45, 2.75) is 38.0 Å². The molecule has 1 aromatic carbocycles. The molecule has 0 aliphatic carbocycles. The molecular formula is C14H23NS. The lowest BCUT2D eigenvalue weighted by Gasteiger charge is -2.20. The lowest BCUT2D eigenvalue weighted by atomic mass is 10.0. The van der Waals surface area contributed by atoms with Crippen LogP contribution in [0.4, 0.5) is 0 Å². The van der Waals surface area contributed by atoms with Crippen LogP contribution in [0.1, 0.15) is 38.3 Å². The predicted octanol–water partition coefficient (Wildman–Crippen LogP) is 3.87. The van der Waals surface area contributed by atoms with Gasteiger partial charge in [0.2, 0.25) is 0 Å². The van der Waals surface area contributed by atoms with Gasteiger partial charge in [-0.1, -0.05) is 50.6 Å². The van der Waals surface area contributed by atoms with Crippen LogP contribution >= 0.6 is 11.8 Å². The average molecular weight is 237 g/mol. The molecule has 0 bridgehead atoms. The van der Waals surface area contributed by atoms with Gasteiger partial charge >= 0.3 is 0 Å². The van der Waals surface area contributed by atoms with Crippen LogP contribution in [0, 0.1) is 0 Å². The number of benzene rings is 1. The Hall–Kier alpha value is -0.470. The predicted molar refractivity (Wildman–Crippen MR) is 75.1 cm³/mol. The van der Waals surface area contributed by atoms with Crippen LogP contribution in [-0.4, -0.2) is 18.1 Å². The second kappa shape index (κ2) is 7.75. The summed E-state index contributed by atoms with van der Waals surface area (Å²) in [6, 6.07) is 11.3. The summed E-state index contributed by atoms with van der Waals surface area (Å²) in [6.07, 6.45) is 4.61. The highest BCUT2D eigenvalue weighted by molar-refractivity contribution is 7.99. The molecule has 0 aliphatic rings. The van der Waals surface area contributed by atoms with Crippen LogP contribution in [0.25, 0.3) is 0 Å². The Morgan fingerprint density at radius 3 is 2.50 bits per heavy atom. The van der Waals surface area contributed by atoms with Crippen molar-refractivity contribution in [1.29, 1.82) is 0 Å². The van der Waals surface area contributed by atoms with Crippen molar-refractivity contribution in [1.82, 2.24) is 5.32 Å². The molecule has 0 saturated heterocycles. The van der Waals surface area contributed by atoms with E-state index < -0.39 is 0 Å². The van der Waals surface area contributed by atoms with Crippen LogP contribution in [-0.2, 0) is 0 Å². The highest BCUT2D eigenvalue weighted by Gasteiger charge is 2.10. The Kier molecular flexibility index (Phi) is 6.58. The maximum atomic E-state index is 3.67. The van der Waals surface area contributed by atoms with Gasteiger partial charge in [-0.3, -0.25) is 0 Å². The van der Waals surface area contributed by atoms with Crippen LogP contribution in [0.5, 0.6) is 0 Å². The van der Waals surface area contributed by atoms with Crippen molar-refractivity contribution >= 4 is 11.8 Å². The van der Waals surface area contributed by atoms with E-state index in [0.29, 0.717) is 11.3 Å². The van der Waals surface area contributed by atoms with Crippen molar-refractivity contribution < 1.29 is 0 Å². The fourth-order valence-electron chi connectivity index (χ4n) is 1.75. The first-order valence-electron chi connectivity index (χ1n) is 6.09. The fourth-order valence-corrected chi connectivity index (χ4v) is 2.02. The lowest BCUT2D eigenvalue weighted by molar-refractivity contribution is 0.497. The first-order valence-corrected chi connectivity index (χ1v) is 7.37. The first-order chi connectivity index (χ1) is 7.77. The smallest absolute Gasteiger partial charge is 0.0320 e. The summed E-state index contributed by atoms with van der Waals surface area (Å²) < 4.78 is 0. The fraction of sp³-hybridized carbons (Fsp3) is 0.571. The summed E-state index contributed by atoms with van der Waals surface area (Å²) in [4.78, 5) is 0. The molecule has 2 atom stereocenters. The summed E-state index contributed by atoms with van der Waals surface area (Å²) in [5.74, 6) is 0. The normalized spacial score (nSPS) is 14.7. The number of thioether (sulfide) groups is 1. The zero-order valence-electron chi connectivity index (χ0n) is 10.6. The van der Waals surface area contributed by atoms with Crippen LogP contribution in [0.2, 0.25) is 0 Å². The molecule has 0 spiro atoms. The molecule has 1 aromatic rings. The van der Waals surface area contributed by atoms with E-state index in [1.165, 1.54) is 18.4 Å². The molecule has 0 fully saturated rings. The zero-order chi connectivity index (χ0) is 11.8. The molecule has 0 saturated carbocycles. The number of nitrogens with one attached hydrogen (secondary N) is 1. The molecule has 0 radical (unpaired) electrons. The van der Waals surface area contributed by atoms with Crippen molar-refractivity contribution in [3.05, 3.63) is 35.9 Å². The zero-order valence-corrected chi connectivity index (χ0v) is 11.4. The third kappa shape index (κ3) is 4.58. The second-order valence-corrected chi connectivity index (χ2v) is 5.48. The van der Waals surface area contributed by atoms with Crippen molar-refractivity contribution in [3.8, 4) is 0 Å². The summed E-state index contributed by atoms with van der Waals surface area (Å²) in [7, 11) is 0. The minimum Gasteiger partial charge on any atom is -0.309 e. The van der Waals surface area contributed by atoms with E-state index in [4.69, 9.17) is 0 Å². The molecule has 1 rings (SSSR count). The Morgan fingerprint density at radius 2 is 1.94 bits per heavy atom. The summed E-state index contributed by atoms with van der Waals surface area (Å²) >= 11 is 1.92. The van der Waals surface area contributed by atoms with Crippen LogP contribution in [0.15, 0.2) is 30.3 Å². The molecule has 2 heteroatoms. The van der Waals surface area contributed by atoms with E-state index in [0.717, 1.165) is 6.54 Å². The molecule has 1 N–H and O–H groups in total. The van der Waals surface area contributed by atoms with E-state index in [1.54, 1.807) is 0 Å². The summed E-state index contributed by atoms with van der Waals surface area (Å²) in [5, 5.41) is 4.35. The number of hydrogen-bond donors (Lipinski definition) is 1. The van der Waals surface area contributed by atoms with Crippen molar-refractivity contribution in [2.75, 3.05) is 12.8 Å². The Balaban J connectivity index is 2.54. The summed E-state index contributed by atoms with van der Waals surface area (Å²) in [5.41, 5.74) is 1.41. The molecule has 1 nitrogen and oxygen atoms in total.